The second-order valence-electron chi connectivity index (χ2n) is 7.73. The van der Waals surface area contributed by atoms with Crippen LogP contribution in [0.25, 0.3) is 20.7 Å². The first-order valence-corrected chi connectivity index (χ1v) is 11.4. The van der Waals surface area contributed by atoms with Gasteiger partial charge in [0.15, 0.2) is 0 Å². The van der Waals surface area contributed by atoms with Gasteiger partial charge in [-0.1, -0.05) is 18.2 Å². The first-order chi connectivity index (χ1) is 16.0. The highest BCUT2D eigenvalue weighted by Crippen LogP contribution is 2.37. The molecule has 8 heteroatoms. The standard InChI is InChI=1S/C25H25FN2O4S/c1-16-21-23(29)27(13-6-14-31-2)25(30)28(15-18-7-4-5-8-20(18)26)24(21)33-22(16)17-9-11-19(32-3)12-10-17/h4-5,7-12H,6,13-15H2,1-3H3. The Morgan fingerprint density at radius 2 is 1.73 bits per heavy atom. The second kappa shape index (κ2) is 9.72. The average Bonchev–Trinajstić information content (AvgIpc) is 3.17. The fourth-order valence-corrected chi connectivity index (χ4v) is 5.21. The van der Waals surface area contributed by atoms with Gasteiger partial charge in [0.05, 0.1) is 19.0 Å². The van der Waals surface area contributed by atoms with Gasteiger partial charge >= 0.3 is 5.69 Å². The van der Waals surface area contributed by atoms with Gasteiger partial charge in [-0.05, 0) is 54.8 Å². The number of methoxy groups -OCH3 is 2. The van der Waals surface area contributed by atoms with Crippen LogP contribution in [0.5, 0.6) is 5.75 Å². The van der Waals surface area contributed by atoms with Crippen LogP contribution in [-0.2, 0) is 17.8 Å². The van der Waals surface area contributed by atoms with Gasteiger partial charge in [0, 0.05) is 30.7 Å². The average molecular weight is 469 g/mol. The molecule has 0 spiro atoms. The molecule has 4 aromatic rings. The number of ether oxygens (including phenoxy) is 2. The molecule has 0 unspecified atom stereocenters. The van der Waals surface area contributed by atoms with Gasteiger partial charge in [0.1, 0.15) is 16.4 Å². The molecule has 2 heterocycles. The van der Waals surface area contributed by atoms with Crippen LogP contribution in [-0.4, -0.2) is 30.0 Å². The van der Waals surface area contributed by atoms with E-state index in [2.05, 4.69) is 0 Å². The molecule has 0 fully saturated rings. The number of hydrogen-bond donors (Lipinski definition) is 0. The summed E-state index contributed by atoms with van der Waals surface area (Å²) in [5.74, 6) is 0.341. The monoisotopic (exact) mass is 468 g/mol. The first-order valence-electron chi connectivity index (χ1n) is 10.6. The Hall–Kier alpha value is -3.23. The van der Waals surface area contributed by atoms with Gasteiger partial charge in [-0.25, -0.2) is 9.18 Å². The van der Waals surface area contributed by atoms with E-state index in [-0.39, 0.29) is 18.6 Å². The Morgan fingerprint density at radius 1 is 1.00 bits per heavy atom. The molecule has 6 nitrogen and oxygen atoms in total. The van der Waals surface area contributed by atoms with Gasteiger partial charge in [-0.15, -0.1) is 11.3 Å². The summed E-state index contributed by atoms with van der Waals surface area (Å²) in [5.41, 5.74) is 1.33. The second-order valence-corrected chi connectivity index (χ2v) is 8.73. The molecular weight excluding hydrogens is 443 g/mol. The molecule has 0 aliphatic carbocycles. The quantitative estimate of drug-likeness (QED) is 0.359. The van der Waals surface area contributed by atoms with Crippen molar-refractivity contribution < 1.29 is 13.9 Å². The van der Waals surface area contributed by atoms with E-state index >= 15 is 0 Å². The molecule has 0 amide bonds. The van der Waals surface area contributed by atoms with Crippen molar-refractivity contribution in [3.05, 3.63) is 86.3 Å². The summed E-state index contributed by atoms with van der Waals surface area (Å²) in [6.45, 7) is 2.58. The number of thiophene rings is 1. The van der Waals surface area contributed by atoms with Gasteiger partial charge in [-0.2, -0.15) is 0 Å². The molecule has 0 radical (unpaired) electrons. The van der Waals surface area contributed by atoms with Crippen molar-refractivity contribution in [2.24, 2.45) is 0 Å². The van der Waals surface area contributed by atoms with E-state index in [1.807, 2.05) is 31.2 Å². The van der Waals surface area contributed by atoms with Crippen LogP contribution in [0.3, 0.4) is 0 Å². The van der Waals surface area contributed by atoms with Gasteiger partial charge in [0.2, 0.25) is 0 Å². The van der Waals surface area contributed by atoms with Gasteiger partial charge in [0.25, 0.3) is 5.56 Å². The highest BCUT2D eigenvalue weighted by Gasteiger charge is 2.21. The summed E-state index contributed by atoms with van der Waals surface area (Å²) < 4.78 is 27.5. The number of fused-ring (bicyclic) bond motifs is 1. The predicted octanol–water partition coefficient (Wildman–Crippen LogP) is 4.43. The molecule has 0 saturated heterocycles. The number of aryl methyl sites for hydroxylation is 1. The maximum atomic E-state index is 14.4. The lowest BCUT2D eigenvalue weighted by atomic mass is 10.1. The largest absolute Gasteiger partial charge is 0.497 e. The van der Waals surface area contributed by atoms with Crippen LogP contribution < -0.4 is 16.0 Å². The lowest BCUT2D eigenvalue weighted by molar-refractivity contribution is 0.189. The molecule has 2 aromatic carbocycles. The molecule has 172 valence electrons. The highest BCUT2D eigenvalue weighted by molar-refractivity contribution is 7.22. The summed E-state index contributed by atoms with van der Waals surface area (Å²) in [6, 6.07) is 13.9. The van der Waals surface area contributed by atoms with Crippen molar-refractivity contribution in [1.82, 2.24) is 9.13 Å². The summed E-state index contributed by atoms with van der Waals surface area (Å²) in [7, 11) is 3.18. The third-order valence-corrected chi connectivity index (χ3v) is 7.03. The zero-order valence-corrected chi connectivity index (χ0v) is 19.6. The fraction of sp³-hybridized carbons (Fsp3) is 0.280. The van der Waals surface area contributed by atoms with Crippen LogP contribution in [0.1, 0.15) is 17.5 Å². The van der Waals surface area contributed by atoms with Crippen LogP contribution in [0.4, 0.5) is 4.39 Å². The number of aromatic nitrogens is 2. The summed E-state index contributed by atoms with van der Waals surface area (Å²) in [6.07, 6.45) is 0.519. The Labute approximate surface area is 194 Å². The van der Waals surface area contributed by atoms with E-state index in [0.717, 1.165) is 21.8 Å². The van der Waals surface area contributed by atoms with Crippen LogP contribution >= 0.6 is 11.3 Å². The van der Waals surface area contributed by atoms with Gasteiger partial charge < -0.3 is 9.47 Å². The maximum absolute atomic E-state index is 14.4. The maximum Gasteiger partial charge on any atom is 0.332 e. The SMILES string of the molecule is COCCCn1c(=O)c2c(C)c(-c3ccc(OC)cc3)sc2n(Cc2ccccc2F)c1=O. The van der Waals surface area contributed by atoms with Crippen molar-refractivity contribution in [2.45, 2.75) is 26.4 Å². The van der Waals surface area contributed by atoms with Crippen LogP contribution in [0.2, 0.25) is 0 Å². The summed E-state index contributed by atoms with van der Waals surface area (Å²) in [4.78, 5) is 28.2. The van der Waals surface area contributed by atoms with Crippen molar-refractivity contribution in [3.63, 3.8) is 0 Å². The lowest BCUT2D eigenvalue weighted by Gasteiger charge is -2.13. The Balaban J connectivity index is 1.95. The Morgan fingerprint density at radius 3 is 2.39 bits per heavy atom. The van der Waals surface area contributed by atoms with Crippen LogP contribution in [0.15, 0.2) is 58.1 Å². The molecule has 0 bridgehead atoms. The van der Waals surface area contributed by atoms with Crippen molar-refractivity contribution >= 4 is 21.6 Å². The van der Waals surface area contributed by atoms with E-state index in [4.69, 9.17) is 9.47 Å². The zero-order valence-electron chi connectivity index (χ0n) is 18.8. The minimum absolute atomic E-state index is 0.0363. The van der Waals surface area contributed by atoms with Crippen molar-refractivity contribution in [2.75, 3.05) is 20.8 Å². The molecule has 4 rings (SSSR count). The third kappa shape index (κ3) is 4.36. The number of nitrogens with zero attached hydrogens (tertiary/aromatic N) is 2. The highest BCUT2D eigenvalue weighted by atomic mass is 32.1. The van der Waals surface area contributed by atoms with Crippen molar-refractivity contribution in [3.8, 4) is 16.2 Å². The van der Waals surface area contributed by atoms with Crippen LogP contribution in [0, 0.1) is 12.7 Å². The molecule has 0 aliphatic heterocycles. The number of rotatable bonds is 8. The third-order valence-electron chi connectivity index (χ3n) is 5.66. The number of benzene rings is 2. The molecule has 0 N–H and O–H groups in total. The predicted molar refractivity (Wildman–Crippen MR) is 129 cm³/mol. The molecule has 33 heavy (non-hydrogen) atoms. The fourth-order valence-electron chi connectivity index (χ4n) is 3.91. The minimum Gasteiger partial charge on any atom is -0.497 e. The molecular formula is C25H25FN2O4S. The Bertz CT molecular complexity index is 1400. The van der Waals surface area contributed by atoms with E-state index < -0.39 is 11.5 Å². The normalized spacial score (nSPS) is 11.3. The minimum atomic E-state index is -0.450. The molecule has 0 aliphatic rings. The molecule has 0 atom stereocenters. The van der Waals surface area contributed by atoms with E-state index in [0.29, 0.717) is 28.8 Å². The summed E-state index contributed by atoms with van der Waals surface area (Å²) in [5, 5.41) is 0.485. The van der Waals surface area contributed by atoms with E-state index in [1.54, 1.807) is 32.4 Å². The Kier molecular flexibility index (Phi) is 6.76. The van der Waals surface area contributed by atoms with Crippen molar-refractivity contribution in [1.29, 1.82) is 0 Å². The first kappa shape index (κ1) is 22.9. The lowest BCUT2D eigenvalue weighted by Crippen LogP contribution is -2.40. The summed E-state index contributed by atoms with van der Waals surface area (Å²) >= 11 is 1.37. The van der Waals surface area contributed by atoms with Gasteiger partial charge in [-0.3, -0.25) is 13.9 Å². The zero-order chi connectivity index (χ0) is 23.5. The van der Waals surface area contributed by atoms with E-state index in [9.17, 15) is 14.0 Å². The molecule has 2 aromatic heterocycles. The smallest absolute Gasteiger partial charge is 0.332 e. The molecule has 0 saturated carbocycles. The number of hydrogen-bond acceptors (Lipinski definition) is 5. The van der Waals surface area contributed by atoms with E-state index in [1.165, 1.54) is 26.5 Å². The topological polar surface area (TPSA) is 62.5 Å². The number of halogens is 1.